The van der Waals surface area contributed by atoms with Gasteiger partial charge in [0.15, 0.2) is 0 Å². The van der Waals surface area contributed by atoms with Gasteiger partial charge in [-0.05, 0) is 37.3 Å². The number of amides is 2. The second kappa shape index (κ2) is 6.97. The molecule has 1 atom stereocenters. The van der Waals surface area contributed by atoms with Crippen LogP contribution in [0.2, 0.25) is 0 Å². The summed E-state index contributed by atoms with van der Waals surface area (Å²) in [6.45, 7) is 2.43. The number of aryl methyl sites for hydroxylation is 1. The summed E-state index contributed by atoms with van der Waals surface area (Å²) in [6.07, 6.45) is 0.243. The van der Waals surface area contributed by atoms with Crippen LogP contribution in [-0.4, -0.2) is 32.5 Å². The molecule has 1 aliphatic heterocycles. The number of rotatable bonds is 4. The topological polar surface area (TPSA) is 52.7 Å². The van der Waals surface area contributed by atoms with E-state index in [2.05, 4.69) is 5.32 Å². The van der Waals surface area contributed by atoms with E-state index in [0.29, 0.717) is 6.54 Å². The zero-order valence-electron chi connectivity index (χ0n) is 14.8. The fourth-order valence-electron chi connectivity index (χ4n) is 2.96. The molecule has 2 aromatic rings. The van der Waals surface area contributed by atoms with E-state index in [9.17, 15) is 9.59 Å². The molecular weight excluding hydrogens is 314 g/mol. The van der Waals surface area contributed by atoms with Gasteiger partial charge < -0.3 is 15.1 Å². The van der Waals surface area contributed by atoms with E-state index in [1.165, 1.54) is 0 Å². The van der Waals surface area contributed by atoms with E-state index < -0.39 is 0 Å². The lowest BCUT2D eigenvalue weighted by Crippen LogP contribution is -2.28. The van der Waals surface area contributed by atoms with E-state index in [1.807, 2.05) is 74.4 Å². The lowest BCUT2D eigenvalue weighted by atomic mass is 10.1. The summed E-state index contributed by atoms with van der Waals surface area (Å²) in [5.74, 6) is -0.457. The largest absolute Gasteiger partial charge is 0.378 e. The van der Waals surface area contributed by atoms with Crippen molar-refractivity contribution in [3.63, 3.8) is 0 Å². The zero-order chi connectivity index (χ0) is 18.0. The zero-order valence-corrected chi connectivity index (χ0v) is 14.8. The maximum Gasteiger partial charge on any atom is 0.229 e. The number of benzene rings is 2. The Balaban J connectivity index is 1.68. The first-order valence-electron chi connectivity index (χ1n) is 8.39. The van der Waals surface area contributed by atoms with Gasteiger partial charge in [0.1, 0.15) is 0 Å². The Bertz CT molecular complexity index is 784. The fraction of sp³-hybridized carbons (Fsp3) is 0.300. The first-order chi connectivity index (χ1) is 11.9. The highest BCUT2D eigenvalue weighted by molar-refractivity contribution is 6.03. The quantitative estimate of drug-likeness (QED) is 0.933. The molecule has 1 N–H and O–H groups in total. The maximum atomic E-state index is 12.6. The summed E-state index contributed by atoms with van der Waals surface area (Å²) in [5.41, 5.74) is 3.75. The van der Waals surface area contributed by atoms with Gasteiger partial charge >= 0.3 is 0 Å². The Morgan fingerprint density at radius 2 is 1.88 bits per heavy atom. The number of carbonyl (C=O) groups excluding carboxylic acids is 2. The summed E-state index contributed by atoms with van der Waals surface area (Å²) in [7, 11) is 3.91. The van der Waals surface area contributed by atoms with Crippen LogP contribution in [-0.2, 0) is 9.59 Å². The van der Waals surface area contributed by atoms with Gasteiger partial charge in [-0.3, -0.25) is 9.59 Å². The van der Waals surface area contributed by atoms with E-state index >= 15 is 0 Å². The highest BCUT2D eigenvalue weighted by Crippen LogP contribution is 2.26. The lowest BCUT2D eigenvalue weighted by Gasteiger charge is -2.17. The Morgan fingerprint density at radius 1 is 1.16 bits per heavy atom. The number of hydrogen-bond donors (Lipinski definition) is 1. The minimum atomic E-state index is -0.336. The number of carbonyl (C=O) groups is 2. The molecule has 25 heavy (non-hydrogen) atoms. The lowest BCUT2D eigenvalue weighted by molar-refractivity contribution is -0.122. The summed E-state index contributed by atoms with van der Waals surface area (Å²) < 4.78 is 0. The van der Waals surface area contributed by atoms with Gasteiger partial charge in [-0.25, -0.2) is 0 Å². The molecule has 5 nitrogen and oxygen atoms in total. The minimum Gasteiger partial charge on any atom is -0.378 e. The second-order valence-electron chi connectivity index (χ2n) is 6.67. The second-order valence-corrected chi connectivity index (χ2v) is 6.67. The molecule has 0 bridgehead atoms. The molecule has 0 aromatic heterocycles. The van der Waals surface area contributed by atoms with Gasteiger partial charge in [-0.2, -0.15) is 0 Å². The minimum absolute atomic E-state index is 0.00829. The van der Waals surface area contributed by atoms with Crippen LogP contribution in [0.25, 0.3) is 0 Å². The molecule has 1 unspecified atom stereocenters. The predicted octanol–water partition coefficient (Wildman–Crippen LogP) is 3.05. The number of nitrogens with one attached hydrogen (secondary N) is 1. The Morgan fingerprint density at radius 3 is 2.56 bits per heavy atom. The van der Waals surface area contributed by atoms with Crippen LogP contribution in [0.5, 0.6) is 0 Å². The summed E-state index contributed by atoms with van der Waals surface area (Å²) in [4.78, 5) is 28.6. The molecule has 0 aliphatic carbocycles. The highest BCUT2D eigenvalue weighted by Gasteiger charge is 2.35. The third kappa shape index (κ3) is 3.82. The van der Waals surface area contributed by atoms with Crippen LogP contribution < -0.4 is 15.1 Å². The van der Waals surface area contributed by atoms with E-state index in [-0.39, 0.29) is 24.2 Å². The van der Waals surface area contributed by atoms with Crippen LogP contribution in [0.3, 0.4) is 0 Å². The SMILES string of the molecule is Cc1ccc(N2CC(C(=O)Nc3cccc(N(C)C)c3)CC2=O)cc1. The number of hydrogen-bond acceptors (Lipinski definition) is 3. The first-order valence-corrected chi connectivity index (χ1v) is 8.39. The molecule has 2 aromatic carbocycles. The van der Waals surface area contributed by atoms with Crippen molar-refractivity contribution in [1.82, 2.24) is 0 Å². The van der Waals surface area contributed by atoms with Crippen molar-refractivity contribution in [2.24, 2.45) is 5.92 Å². The predicted molar refractivity (Wildman–Crippen MR) is 101 cm³/mol. The van der Waals surface area contributed by atoms with Gasteiger partial charge in [0, 0.05) is 44.1 Å². The summed E-state index contributed by atoms with van der Waals surface area (Å²) >= 11 is 0. The molecule has 130 valence electrons. The standard InChI is InChI=1S/C20H23N3O2/c1-14-7-9-17(10-8-14)23-13-15(11-19(23)24)20(25)21-16-5-4-6-18(12-16)22(2)3/h4-10,12,15H,11,13H2,1-3H3,(H,21,25). The van der Waals surface area contributed by atoms with E-state index in [4.69, 9.17) is 0 Å². The van der Waals surface area contributed by atoms with Crippen LogP contribution in [0.4, 0.5) is 17.1 Å². The van der Waals surface area contributed by atoms with Gasteiger partial charge in [0.25, 0.3) is 0 Å². The molecule has 2 amide bonds. The molecule has 1 aliphatic rings. The number of nitrogens with zero attached hydrogens (tertiary/aromatic N) is 2. The van der Waals surface area contributed by atoms with Crippen LogP contribution in [0, 0.1) is 12.8 Å². The molecule has 5 heteroatoms. The molecule has 1 heterocycles. The molecule has 3 rings (SSSR count). The van der Waals surface area contributed by atoms with Crippen molar-refractivity contribution in [1.29, 1.82) is 0 Å². The van der Waals surface area contributed by atoms with Crippen molar-refractivity contribution in [3.05, 3.63) is 54.1 Å². The van der Waals surface area contributed by atoms with E-state index in [1.54, 1.807) is 4.90 Å². The third-order valence-electron chi connectivity index (χ3n) is 4.47. The van der Waals surface area contributed by atoms with Crippen molar-refractivity contribution in [2.45, 2.75) is 13.3 Å². The first kappa shape index (κ1) is 17.0. The van der Waals surface area contributed by atoms with Crippen molar-refractivity contribution in [3.8, 4) is 0 Å². The third-order valence-corrected chi connectivity index (χ3v) is 4.47. The van der Waals surface area contributed by atoms with E-state index in [0.717, 1.165) is 22.6 Å². The molecule has 1 fully saturated rings. The van der Waals surface area contributed by atoms with Crippen LogP contribution in [0.1, 0.15) is 12.0 Å². The van der Waals surface area contributed by atoms with Crippen molar-refractivity contribution >= 4 is 28.9 Å². The molecule has 0 radical (unpaired) electrons. The molecule has 0 spiro atoms. The fourth-order valence-corrected chi connectivity index (χ4v) is 2.96. The van der Waals surface area contributed by atoms with Gasteiger partial charge in [0.05, 0.1) is 5.92 Å². The number of anilines is 3. The smallest absolute Gasteiger partial charge is 0.229 e. The monoisotopic (exact) mass is 337 g/mol. The normalized spacial score (nSPS) is 16.8. The summed E-state index contributed by atoms with van der Waals surface area (Å²) in [5, 5.41) is 2.94. The Kier molecular flexibility index (Phi) is 4.74. The van der Waals surface area contributed by atoms with Gasteiger partial charge in [0.2, 0.25) is 11.8 Å². The Labute approximate surface area is 148 Å². The average Bonchev–Trinajstić information content (AvgIpc) is 2.98. The highest BCUT2D eigenvalue weighted by atomic mass is 16.2. The van der Waals surface area contributed by atoms with Gasteiger partial charge in [-0.15, -0.1) is 0 Å². The summed E-state index contributed by atoms with van der Waals surface area (Å²) in [6, 6.07) is 15.5. The molecular formula is C20H23N3O2. The van der Waals surface area contributed by atoms with Crippen LogP contribution >= 0.6 is 0 Å². The molecule has 1 saturated heterocycles. The van der Waals surface area contributed by atoms with Crippen molar-refractivity contribution in [2.75, 3.05) is 35.8 Å². The van der Waals surface area contributed by atoms with Gasteiger partial charge in [-0.1, -0.05) is 23.8 Å². The maximum absolute atomic E-state index is 12.6. The molecule has 0 saturated carbocycles. The Hall–Kier alpha value is -2.82. The van der Waals surface area contributed by atoms with Crippen LogP contribution in [0.15, 0.2) is 48.5 Å². The average molecular weight is 337 g/mol. The van der Waals surface area contributed by atoms with Crippen molar-refractivity contribution < 1.29 is 9.59 Å².